The highest BCUT2D eigenvalue weighted by Gasteiger charge is 2.43. The molecule has 2 heterocycles. The molecule has 0 spiro atoms. The monoisotopic (exact) mass is 295 g/mol. The molecule has 0 amide bonds. The molecule has 1 aromatic heterocycles. The lowest BCUT2D eigenvalue weighted by atomic mass is 10.1. The third-order valence-corrected chi connectivity index (χ3v) is 3.26. The van der Waals surface area contributed by atoms with Crippen molar-refractivity contribution in [3.63, 3.8) is 0 Å². The summed E-state index contributed by atoms with van der Waals surface area (Å²) in [4.78, 5) is 0.208. The van der Waals surface area contributed by atoms with E-state index in [1.807, 2.05) is 6.07 Å². The summed E-state index contributed by atoms with van der Waals surface area (Å²) in [5.41, 5.74) is 1.09. The van der Waals surface area contributed by atoms with E-state index in [1.165, 1.54) is 17.7 Å². The van der Waals surface area contributed by atoms with Crippen molar-refractivity contribution in [2.75, 3.05) is 11.4 Å². The number of aliphatic hydroxyl groups is 1. The predicted molar refractivity (Wildman–Crippen MR) is 72.3 cm³/mol. The van der Waals surface area contributed by atoms with E-state index in [-0.39, 0.29) is 27.7 Å². The highest BCUT2D eigenvalue weighted by atomic mass is 19.4. The van der Waals surface area contributed by atoms with Gasteiger partial charge in [-0.3, -0.25) is 4.90 Å². The van der Waals surface area contributed by atoms with Crippen molar-refractivity contribution >= 4 is 11.8 Å². The molecular weight excluding hydrogens is 283 g/mol. The lowest BCUT2D eigenvalue weighted by Crippen LogP contribution is -2.41. The molecule has 0 fully saturated rings. The van der Waals surface area contributed by atoms with Gasteiger partial charge >= 0.3 is 6.30 Å². The quantitative estimate of drug-likeness (QED) is 0.820. The minimum absolute atomic E-state index is 0.0239. The standard InChI is InChI=1S/C14H12F3N3O/c1-9-13-12(7-11(21)8-19(13)14(15,16)17)20(18-9)10-5-3-2-4-6-10/h2-7,21H,8H2,1H3. The van der Waals surface area contributed by atoms with Crippen molar-refractivity contribution in [2.45, 2.75) is 13.2 Å². The van der Waals surface area contributed by atoms with Crippen molar-refractivity contribution < 1.29 is 18.3 Å². The van der Waals surface area contributed by atoms with Gasteiger partial charge in [-0.15, -0.1) is 0 Å². The van der Waals surface area contributed by atoms with Crippen LogP contribution in [-0.2, 0) is 0 Å². The number of aliphatic hydroxyl groups excluding tert-OH is 1. The molecule has 0 unspecified atom stereocenters. The van der Waals surface area contributed by atoms with Gasteiger partial charge in [0.2, 0.25) is 0 Å². The largest absolute Gasteiger partial charge is 0.510 e. The minimum Gasteiger partial charge on any atom is -0.510 e. The second-order valence-corrected chi connectivity index (χ2v) is 4.76. The highest BCUT2D eigenvalue weighted by Crippen LogP contribution is 2.38. The summed E-state index contributed by atoms with van der Waals surface area (Å²) < 4.78 is 40.8. The smallest absolute Gasteiger partial charge is 0.485 e. The third-order valence-electron chi connectivity index (χ3n) is 3.26. The average Bonchev–Trinajstić information content (AvgIpc) is 2.75. The predicted octanol–water partition coefficient (Wildman–Crippen LogP) is 3.42. The molecule has 3 rings (SSSR count). The second-order valence-electron chi connectivity index (χ2n) is 4.76. The molecule has 21 heavy (non-hydrogen) atoms. The van der Waals surface area contributed by atoms with Gasteiger partial charge in [0.25, 0.3) is 0 Å². The van der Waals surface area contributed by atoms with Gasteiger partial charge in [-0.1, -0.05) is 18.2 Å². The van der Waals surface area contributed by atoms with Crippen molar-refractivity contribution in [1.29, 1.82) is 0 Å². The summed E-state index contributed by atoms with van der Waals surface area (Å²) in [5.74, 6) is -0.350. The number of hydrogen-bond acceptors (Lipinski definition) is 3. The van der Waals surface area contributed by atoms with Crippen LogP contribution in [0, 0.1) is 6.92 Å². The number of hydrogen-bond donors (Lipinski definition) is 1. The normalized spacial score (nSPS) is 14.9. The molecular formula is C14H12F3N3O. The van der Waals surface area contributed by atoms with Gasteiger partial charge in [0.15, 0.2) is 0 Å². The number of nitrogens with zero attached hydrogens (tertiary/aromatic N) is 3. The van der Waals surface area contributed by atoms with Crippen molar-refractivity contribution in [2.24, 2.45) is 0 Å². The first-order chi connectivity index (χ1) is 9.88. The number of halogens is 3. The van der Waals surface area contributed by atoms with Crippen molar-refractivity contribution in [3.8, 4) is 5.69 Å². The summed E-state index contributed by atoms with van der Waals surface area (Å²) in [6.45, 7) is 0.922. The van der Waals surface area contributed by atoms with Crippen LogP contribution in [0.2, 0.25) is 0 Å². The number of benzene rings is 1. The number of rotatable bonds is 1. The molecule has 2 aromatic rings. The molecule has 0 atom stereocenters. The molecule has 1 aromatic carbocycles. The number of fused-ring (bicyclic) bond motifs is 1. The summed E-state index contributed by atoms with van der Waals surface area (Å²) >= 11 is 0. The maximum Gasteiger partial charge on any atom is 0.485 e. The second kappa shape index (κ2) is 4.54. The Morgan fingerprint density at radius 3 is 2.48 bits per heavy atom. The lowest BCUT2D eigenvalue weighted by molar-refractivity contribution is -0.129. The molecule has 1 aliphatic rings. The van der Waals surface area contributed by atoms with E-state index in [4.69, 9.17) is 0 Å². The van der Waals surface area contributed by atoms with Crippen molar-refractivity contribution in [1.82, 2.24) is 9.78 Å². The van der Waals surface area contributed by atoms with Gasteiger partial charge in [-0.05, 0) is 19.1 Å². The molecule has 110 valence electrons. The number of aromatic nitrogens is 2. The Labute approximate surface area is 118 Å². The van der Waals surface area contributed by atoms with Crippen LogP contribution in [0.1, 0.15) is 11.4 Å². The van der Waals surface area contributed by atoms with Crippen LogP contribution >= 0.6 is 0 Å². The molecule has 0 radical (unpaired) electrons. The zero-order valence-electron chi connectivity index (χ0n) is 11.1. The number of para-hydroxylation sites is 1. The van der Waals surface area contributed by atoms with Crippen LogP contribution in [0.4, 0.5) is 18.9 Å². The van der Waals surface area contributed by atoms with Crippen LogP contribution < -0.4 is 4.90 Å². The van der Waals surface area contributed by atoms with Crippen molar-refractivity contribution in [3.05, 3.63) is 47.5 Å². The number of anilines is 1. The number of aryl methyl sites for hydroxylation is 1. The zero-order valence-corrected chi connectivity index (χ0v) is 11.1. The van der Waals surface area contributed by atoms with Crippen LogP contribution in [0.5, 0.6) is 0 Å². The van der Waals surface area contributed by atoms with Gasteiger partial charge in [-0.2, -0.15) is 18.3 Å². The molecule has 4 nitrogen and oxygen atoms in total. The molecule has 0 saturated heterocycles. The van der Waals surface area contributed by atoms with Gasteiger partial charge in [0.1, 0.15) is 5.76 Å². The number of alkyl halides is 3. The summed E-state index contributed by atoms with van der Waals surface area (Å²) in [5, 5.41) is 13.8. The summed E-state index contributed by atoms with van der Waals surface area (Å²) in [7, 11) is 0. The van der Waals surface area contributed by atoms with E-state index in [1.54, 1.807) is 24.3 Å². The van der Waals surface area contributed by atoms with Crippen LogP contribution in [-0.4, -0.2) is 27.7 Å². The van der Waals surface area contributed by atoms with E-state index in [0.717, 1.165) is 0 Å². The lowest BCUT2D eigenvalue weighted by Gasteiger charge is -2.29. The Morgan fingerprint density at radius 1 is 1.19 bits per heavy atom. The Morgan fingerprint density at radius 2 is 1.86 bits per heavy atom. The fourth-order valence-corrected chi connectivity index (χ4v) is 2.43. The highest BCUT2D eigenvalue weighted by molar-refractivity contribution is 5.74. The Kier molecular flexibility index (Phi) is 2.93. The van der Waals surface area contributed by atoms with E-state index in [9.17, 15) is 18.3 Å². The van der Waals surface area contributed by atoms with Gasteiger partial charge in [0, 0.05) is 6.08 Å². The molecule has 1 N–H and O–H groups in total. The summed E-state index contributed by atoms with van der Waals surface area (Å²) in [6, 6.07) is 8.83. The SMILES string of the molecule is Cc1nn(-c2ccccc2)c2c1N(C(F)(F)F)CC(O)=C2. The fraction of sp³-hybridized carbons (Fsp3) is 0.214. The Hall–Kier alpha value is -2.44. The van der Waals surface area contributed by atoms with E-state index >= 15 is 0 Å². The van der Waals surface area contributed by atoms with Gasteiger partial charge in [-0.25, -0.2) is 4.68 Å². The minimum atomic E-state index is -4.58. The van der Waals surface area contributed by atoms with E-state index in [0.29, 0.717) is 5.69 Å². The Balaban J connectivity index is 2.22. The zero-order chi connectivity index (χ0) is 15.2. The average molecular weight is 295 g/mol. The Bertz CT molecular complexity index is 704. The van der Waals surface area contributed by atoms with Crippen LogP contribution in [0.3, 0.4) is 0 Å². The first kappa shape index (κ1) is 13.5. The molecule has 0 aliphatic carbocycles. The fourth-order valence-electron chi connectivity index (χ4n) is 2.43. The third kappa shape index (κ3) is 2.24. The van der Waals surface area contributed by atoms with Crippen LogP contribution in [0.25, 0.3) is 11.8 Å². The van der Waals surface area contributed by atoms with Gasteiger partial charge < -0.3 is 5.11 Å². The topological polar surface area (TPSA) is 41.3 Å². The maximum atomic E-state index is 13.1. The first-order valence-electron chi connectivity index (χ1n) is 6.27. The molecule has 1 aliphatic heterocycles. The van der Waals surface area contributed by atoms with Gasteiger partial charge in [0.05, 0.1) is 29.3 Å². The summed E-state index contributed by atoms with van der Waals surface area (Å²) in [6.07, 6.45) is -3.25. The van der Waals surface area contributed by atoms with Crippen LogP contribution in [0.15, 0.2) is 36.1 Å². The van der Waals surface area contributed by atoms with E-state index in [2.05, 4.69) is 5.10 Å². The molecule has 7 heteroatoms. The molecule has 0 saturated carbocycles. The maximum absolute atomic E-state index is 13.1. The van der Waals surface area contributed by atoms with E-state index < -0.39 is 12.8 Å². The molecule has 0 bridgehead atoms. The first-order valence-corrected chi connectivity index (χ1v) is 6.27.